The van der Waals surface area contributed by atoms with Gasteiger partial charge < -0.3 is 5.32 Å². The molecule has 64 valence electrons. The number of aromatic nitrogens is 2. The molecule has 0 aliphatic carbocycles. The van der Waals surface area contributed by atoms with E-state index in [1.807, 2.05) is 0 Å². The Morgan fingerprint density at radius 2 is 2.42 bits per heavy atom. The zero-order valence-electron chi connectivity index (χ0n) is 6.33. The second-order valence-electron chi connectivity index (χ2n) is 2.15. The summed E-state index contributed by atoms with van der Waals surface area (Å²) in [4.78, 5) is 18.1. The Bertz CT molecular complexity index is 252. The van der Waals surface area contributed by atoms with Crippen LogP contribution in [0.3, 0.4) is 0 Å². The summed E-state index contributed by atoms with van der Waals surface area (Å²) in [6.45, 7) is 0.487. The van der Waals surface area contributed by atoms with Crippen LogP contribution in [-0.4, -0.2) is 21.9 Å². The summed E-state index contributed by atoms with van der Waals surface area (Å²) in [6.07, 6.45) is 5.51. The van der Waals surface area contributed by atoms with Crippen molar-refractivity contribution in [3.63, 3.8) is 0 Å². The highest BCUT2D eigenvalue weighted by Crippen LogP contribution is 1.90. The summed E-state index contributed by atoms with van der Waals surface area (Å²) in [7, 11) is 0. The quantitative estimate of drug-likeness (QED) is 0.564. The number of nitrogens with zero attached hydrogens (tertiary/aromatic N) is 2. The van der Waals surface area contributed by atoms with Crippen LogP contribution in [0.1, 0.15) is 5.69 Å². The van der Waals surface area contributed by atoms with Gasteiger partial charge in [0.1, 0.15) is 0 Å². The molecule has 0 atom stereocenters. The third kappa shape index (κ3) is 3.30. The lowest BCUT2D eigenvalue weighted by molar-refractivity contribution is 0.260. The average molecular weight is 186 g/mol. The molecule has 5 heteroatoms. The summed E-state index contributed by atoms with van der Waals surface area (Å²) in [5, 5.41) is 1.91. The number of amides is 1. The highest BCUT2D eigenvalue weighted by Gasteiger charge is 1.95. The van der Waals surface area contributed by atoms with Crippen molar-refractivity contribution in [2.24, 2.45) is 0 Å². The van der Waals surface area contributed by atoms with Crippen molar-refractivity contribution >= 4 is 17.0 Å². The first-order valence-electron chi connectivity index (χ1n) is 3.47. The smallest absolute Gasteiger partial charge is 0.313 e. The van der Waals surface area contributed by atoms with Gasteiger partial charge in [-0.15, -0.1) is 0 Å². The molecule has 0 spiro atoms. The molecule has 0 fully saturated rings. The number of nitrogens with one attached hydrogen (secondary N) is 1. The summed E-state index contributed by atoms with van der Waals surface area (Å²) >= 11 is 5.06. The van der Waals surface area contributed by atoms with Crippen molar-refractivity contribution in [3.05, 3.63) is 24.3 Å². The molecule has 0 saturated carbocycles. The van der Waals surface area contributed by atoms with E-state index in [2.05, 4.69) is 15.3 Å². The minimum absolute atomic E-state index is 0.487. The largest absolute Gasteiger partial charge is 0.342 e. The molecule has 1 aromatic heterocycles. The lowest BCUT2D eigenvalue weighted by atomic mass is 10.3. The predicted octanol–water partition coefficient (Wildman–Crippen LogP) is 0.968. The van der Waals surface area contributed by atoms with E-state index in [9.17, 15) is 4.79 Å². The lowest BCUT2D eigenvalue weighted by Gasteiger charge is -1.98. The van der Waals surface area contributed by atoms with Crippen LogP contribution < -0.4 is 5.32 Å². The minimum Gasteiger partial charge on any atom is -0.342 e. The van der Waals surface area contributed by atoms with Gasteiger partial charge in [0, 0.05) is 31.6 Å². The van der Waals surface area contributed by atoms with Crippen LogP contribution in [-0.2, 0) is 6.42 Å². The maximum Gasteiger partial charge on any atom is 0.313 e. The van der Waals surface area contributed by atoms with Crippen LogP contribution in [0.4, 0.5) is 4.79 Å². The summed E-state index contributed by atoms with van der Waals surface area (Å²) in [5.41, 5.74) is 0.836. The Balaban J connectivity index is 2.29. The molecule has 12 heavy (non-hydrogen) atoms. The molecular formula is C7H8ClN3O. The first kappa shape index (κ1) is 8.93. The fraction of sp³-hybridized carbons (Fsp3) is 0.286. The van der Waals surface area contributed by atoms with E-state index in [1.165, 1.54) is 0 Å². The Kier molecular flexibility index (Phi) is 3.47. The van der Waals surface area contributed by atoms with Crippen LogP contribution in [0.25, 0.3) is 0 Å². The molecule has 0 bridgehead atoms. The summed E-state index contributed by atoms with van der Waals surface area (Å²) in [5.74, 6) is 0. The third-order valence-electron chi connectivity index (χ3n) is 1.26. The van der Waals surface area contributed by atoms with Gasteiger partial charge in [-0.3, -0.25) is 14.8 Å². The second kappa shape index (κ2) is 4.66. The molecule has 1 aromatic rings. The van der Waals surface area contributed by atoms with Crippen LogP contribution in [0.2, 0.25) is 0 Å². The maximum absolute atomic E-state index is 10.3. The van der Waals surface area contributed by atoms with E-state index in [-0.39, 0.29) is 0 Å². The van der Waals surface area contributed by atoms with Crippen molar-refractivity contribution in [2.75, 3.05) is 6.54 Å². The molecule has 0 aliphatic rings. The lowest BCUT2D eigenvalue weighted by Crippen LogP contribution is -2.19. The zero-order valence-corrected chi connectivity index (χ0v) is 7.08. The Morgan fingerprint density at radius 3 is 3.00 bits per heavy atom. The number of carbonyl (C=O) groups is 1. The van der Waals surface area contributed by atoms with Gasteiger partial charge in [0.05, 0.1) is 5.69 Å². The molecule has 0 aliphatic heterocycles. The third-order valence-corrected chi connectivity index (χ3v) is 1.40. The van der Waals surface area contributed by atoms with Crippen molar-refractivity contribution in [3.8, 4) is 0 Å². The van der Waals surface area contributed by atoms with Gasteiger partial charge >= 0.3 is 5.37 Å². The highest BCUT2D eigenvalue weighted by molar-refractivity contribution is 6.62. The molecule has 1 amide bonds. The standard InChI is InChI=1S/C7H8ClN3O/c8-7(12)11-2-1-6-5-9-3-4-10-6/h3-5H,1-2H2,(H,11,12). The zero-order chi connectivity index (χ0) is 8.81. The molecular weight excluding hydrogens is 178 g/mol. The molecule has 4 nitrogen and oxygen atoms in total. The molecule has 0 radical (unpaired) electrons. The van der Waals surface area contributed by atoms with Gasteiger partial charge in [-0.25, -0.2) is 0 Å². The van der Waals surface area contributed by atoms with Crippen molar-refractivity contribution in [2.45, 2.75) is 6.42 Å². The molecule has 1 rings (SSSR count). The number of carbonyl (C=O) groups excluding carboxylic acids is 1. The van der Waals surface area contributed by atoms with Gasteiger partial charge in [-0.05, 0) is 11.6 Å². The number of rotatable bonds is 3. The number of halogens is 1. The first-order valence-corrected chi connectivity index (χ1v) is 3.85. The monoisotopic (exact) mass is 185 g/mol. The normalized spacial score (nSPS) is 9.42. The highest BCUT2D eigenvalue weighted by atomic mass is 35.5. The topological polar surface area (TPSA) is 54.9 Å². The molecule has 1 heterocycles. The fourth-order valence-electron chi connectivity index (χ4n) is 0.748. The Labute approximate surface area is 75.0 Å². The van der Waals surface area contributed by atoms with E-state index in [0.29, 0.717) is 13.0 Å². The molecule has 0 aromatic carbocycles. The van der Waals surface area contributed by atoms with Crippen molar-refractivity contribution < 1.29 is 4.79 Å². The van der Waals surface area contributed by atoms with E-state index in [4.69, 9.17) is 11.6 Å². The molecule has 0 saturated heterocycles. The van der Waals surface area contributed by atoms with Crippen LogP contribution in [0.15, 0.2) is 18.6 Å². The predicted molar refractivity (Wildman–Crippen MR) is 45.0 cm³/mol. The molecule has 1 N–H and O–H groups in total. The SMILES string of the molecule is O=C(Cl)NCCc1cnccn1. The van der Waals surface area contributed by atoms with E-state index in [1.54, 1.807) is 18.6 Å². The van der Waals surface area contributed by atoms with E-state index < -0.39 is 5.37 Å². The van der Waals surface area contributed by atoms with Gasteiger partial charge in [-0.2, -0.15) is 0 Å². The summed E-state index contributed by atoms with van der Waals surface area (Å²) < 4.78 is 0. The van der Waals surface area contributed by atoms with Gasteiger partial charge in [0.25, 0.3) is 0 Å². The van der Waals surface area contributed by atoms with E-state index >= 15 is 0 Å². The van der Waals surface area contributed by atoms with Crippen LogP contribution in [0, 0.1) is 0 Å². The van der Waals surface area contributed by atoms with Crippen molar-refractivity contribution in [1.29, 1.82) is 0 Å². The summed E-state index contributed by atoms with van der Waals surface area (Å²) in [6, 6.07) is 0. The average Bonchev–Trinajstić information content (AvgIpc) is 2.05. The Hall–Kier alpha value is -1.16. The van der Waals surface area contributed by atoms with Crippen LogP contribution >= 0.6 is 11.6 Å². The maximum atomic E-state index is 10.3. The van der Waals surface area contributed by atoms with Gasteiger partial charge in [-0.1, -0.05) is 0 Å². The van der Waals surface area contributed by atoms with Gasteiger partial charge in [0.15, 0.2) is 0 Å². The molecule has 0 unspecified atom stereocenters. The number of hydrogen-bond donors (Lipinski definition) is 1. The fourth-order valence-corrected chi connectivity index (χ4v) is 0.842. The van der Waals surface area contributed by atoms with Gasteiger partial charge in [0.2, 0.25) is 0 Å². The van der Waals surface area contributed by atoms with Crippen molar-refractivity contribution in [1.82, 2.24) is 15.3 Å². The van der Waals surface area contributed by atoms with Crippen LogP contribution in [0.5, 0.6) is 0 Å². The second-order valence-corrected chi connectivity index (χ2v) is 2.49. The number of hydrogen-bond acceptors (Lipinski definition) is 3. The first-order chi connectivity index (χ1) is 5.79. The Morgan fingerprint density at radius 1 is 1.58 bits per heavy atom. The minimum atomic E-state index is -0.543. The van der Waals surface area contributed by atoms with E-state index in [0.717, 1.165) is 5.69 Å².